The van der Waals surface area contributed by atoms with Gasteiger partial charge in [-0.3, -0.25) is 4.79 Å². The maximum Gasteiger partial charge on any atom is 0.306 e. The Morgan fingerprint density at radius 1 is 0.490 bits per heavy atom. The van der Waals surface area contributed by atoms with Crippen LogP contribution >= 0.6 is 0 Å². The number of carbonyl (C=O) groups excluding carboxylic acids is 1. The Kier molecular flexibility index (Phi) is 41.1. The Hall–Kier alpha value is -1.65. The minimum Gasteiger partial charge on any atom is -0.457 e. The van der Waals surface area contributed by atoms with Crippen molar-refractivity contribution in [3.8, 4) is 0 Å². The lowest BCUT2D eigenvalue weighted by Crippen LogP contribution is -2.27. The monoisotopic (exact) mass is 687 g/mol. The van der Waals surface area contributed by atoms with Crippen LogP contribution in [0.4, 0.5) is 0 Å². The molecule has 0 radical (unpaired) electrons. The van der Waals surface area contributed by atoms with Crippen molar-refractivity contribution in [2.45, 2.75) is 213 Å². The highest BCUT2D eigenvalue weighted by molar-refractivity contribution is 5.69. The van der Waals surface area contributed by atoms with E-state index in [1.165, 1.54) is 141 Å². The number of carbonyl (C=O) groups is 1. The van der Waals surface area contributed by atoms with Crippen LogP contribution in [-0.4, -0.2) is 37.0 Å². The van der Waals surface area contributed by atoms with Gasteiger partial charge in [0.1, 0.15) is 6.10 Å². The van der Waals surface area contributed by atoms with Crippen LogP contribution in [0.15, 0.2) is 48.6 Å². The zero-order valence-corrected chi connectivity index (χ0v) is 32.7. The fourth-order valence-corrected chi connectivity index (χ4v) is 5.92. The molecule has 0 aromatic rings. The SMILES string of the molecule is CCCCC/C=C\C/C=C\C/C=C\CCCCCCCCC(=O)OC(CO)COCCCCCCCCCC/C=C\CCCCCCCC. The Bertz CT molecular complexity index is 768. The third-order valence-corrected chi connectivity index (χ3v) is 9.13. The first-order chi connectivity index (χ1) is 24.2. The first-order valence-electron chi connectivity index (χ1n) is 21.2. The molecule has 0 amide bonds. The summed E-state index contributed by atoms with van der Waals surface area (Å²) in [5.74, 6) is -0.214. The van der Waals surface area contributed by atoms with E-state index in [2.05, 4.69) is 62.5 Å². The first kappa shape index (κ1) is 47.4. The zero-order valence-electron chi connectivity index (χ0n) is 32.7. The predicted molar refractivity (Wildman–Crippen MR) is 214 cm³/mol. The summed E-state index contributed by atoms with van der Waals surface area (Å²) in [7, 11) is 0. The van der Waals surface area contributed by atoms with Crippen LogP contribution in [0.5, 0.6) is 0 Å². The van der Waals surface area contributed by atoms with E-state index in [-0.39, 0.29) is 19.2 Å². The fourth-order valence-electron chi connectivity index (χ4n) is 5.92. The molecule has 1 atom stereocenters. The minimum atomic E-state index is -0.543. The van der Waals surface area contributed by atoms with E-state index >= 15 is 0 Å². The molecular weight excluding hydrogens is 604 g/mol. The number of unbranched alkanes of at least 4 members (excludes halogenated alkanes) is 23. The smallest absolute Gasteiger partial charge is 0.306 e. The van der Waals surface area contributed by atoms with Crippen molar-refractivity contribution in [3.05, 3.63) is 48.6 Å². The molecule has 0 aliphatic rings. The Morgan fingerprint density at radius 3 is 1.35 bits per heavy atom. The number of rotatable bonds is 39. The second kappa shape index (κ2) is 42.5. The number of allylic oxidation sites excluding steroid dienone is 8. The van der Waals surface area contributed by atoms with Gasteiger partial charge in [-0.25, -0.2) is 0 Å². The molecule has 0 rings (SSSR count). The maximum atomic E-state index is 12.2. The zero-order chi connectivity index (χ0) is 35.6. The van der Waals surface area contributed by atoms with E-state index < -0.39 is 6.10 Å². The number of ether oxygens (including phenoxy) is 2. The third-order valence-electron chi connectivity index (χ3n) is 9.13. The van der Waals surface area contributed by atoms with Crippen molar-refractivity contribution in [2.24, 2.45) is 0 Å². The largest absolute Gasteiger partial charge is 0.457 e. The van der Waals surface area contributed by atoms with E-state index in [9.17, 15) is 9.90 Å². The normalized spacial score (nSPS) is 12.8. The number of aliphatic hydroxyl groups is 1. The molecule has 0 bridgehead atoms. The molecule has 0 saturated carbocycles. The van der Waals surface area contributed by atoms with Crippen molar-refractivity contribution >= 4 is 5.97 Å². The number of aliphatic hydroxyl groups excluding tert-OH is 1. The summed E-state index contributed by atoms with van der Waals surface area (Å²) in [5.41, 5.74) is 0. The summed E-state index contributed by atoms with van der Waals surface area (Å²) < 4.78 is 11.2. The van der Waals surface area contributed by atoms with Gasteiger partial charge in [-0.15, -0.1) is 0 Å². The molecule has 1 unspecified atom stereocenters. The third kappa shape index (κ3) is 40.7. The molecule has 4 heteroatoms. The molecule has 0 aromatic heterocycles. The second-order valence-electron chi connectivity index (χ2n) is 14.1. The number of hydrogen-bond acceptors (Lipinski definition) is 4. The van der Waals surface area contributed by atoms with Gasteiger partial charge in [-0.05, 0) is 77.0 Å². The summed E-state index contributed by atoms with van der Waals surface area (Å²) in [6, 6.07) is 0. The molecule has 4 nitrogen and oxygen atoms in total. The van der Waals surface area contributed by atoms with Gasteiger partial charge in [-0.1, -0.05) is 172 Å². The van der Waals surface area contributed by atoms with Crippen LogP contribution < -0.4 is 0 Å². The number of esters is 1. The average molecular weight is 687 g/mol. The van der Waals surface area contributed by atoms with E-state index in [0.717, 1.165) is 44.9 Å². The highest BCUT2D eigenvalue weighted by atomic mass is 16.6. The lowest BCUT2D eigenvalue weighted by molar-refractivity contribution is -0.154. The van der Waals surface area contributed by atoms with Crippen LogP contribution in [0.3, 0.4) is 0 Å². The first-order valence-corrected chi connectivity index (χ1v) is 21.2. The summed E-state index contributed by atoms with van der Waals surface area (Å²) >= 11 is 0. The van der Waals surface area contributed by atoms with Gasteiger partial charge in [0.05, 0.1) is 13.2 Å². The van der Waals surface area contributed by atoms with Gasteiger partial charge in [0.25, 0.3) is 0 Å². The van der Waals surface area contributed by atoms with Crippen LogP contribution in [0.25, 0.3) is 0 Å². The van der Waals surface area contributed by atoms with Crippen LogP contribution in [0, 0.1) is 0 Å². The van der Waals surface area contributed by atoms with Crippen LogP contribution in [0.1, 0.15) is 206 Å². The summed E-state index contributed by atoms with van der Waals surface area (Å²) in [6.07, 6.45) is 54.5. The van der Waals surface area contributed by atoms with Crippen LogP contribution in [0.2, 0.25) is 0 Å². The second-order valence-corrected chi connectivity index (χ2v) is 14.1. The molecule has 0 aliphatic carbocycles. The topological polar surface area (TPSA) is 55.8 Å². The summed E-state index contributed by atoms with van der Waals surface area (Å²) in [4.78, 5) is 12.2. The molecule has 0 aromatic carbocycles. The van der Waals surface area contributed by atoms with E-state index in [4.69, 9.17) is 9.47 Å². The predicted octanol–water partition coefficient (Wildman–Crippen LogP) is 13.9. The van der Waals surface area contributed by atoms with Crippen molar-refractivity contribution in [2.75, 3.05) is 19.8 Å². The Labute approximate surface area is 305 Å². The molecule has 1 N–H and O–H groups in total. The van der Waals surface area contributed by atoms with E-state index in [0.29, 0.717) is 13.0 Å². The van der Waals surface area contributed by atoms with Crippen molar-refractivity contribution in [1.29, 1.82) is 0 Å². The summed E-state index contributed by atoms with van der Waals surface area (Å²) in [5, 5.41) is 9.60. The standard InChI is InChI=1S/C45H82O4/c1-3-5-7-9-11-13-15-17-19-21-23-24-26-28-30-32-34-36-38-40-45(47)49-44(42-46)43-48-41-39-37-35-33-31-29-27-25-22-20-18-16-14-12-10-8-6-4-2/h11,13,17-20,23-24,44,46H,3-10,12,14-16,21-22,25-43H2,1-2H3/b13-11-,19-17-,20-18-,24-23-. The highest BCUT2D eigenvalue weighted by Gasteiger charge is 2.13. The molecule has 0 aliphatic heterocycles. The molecule has 0 heterocycles. The van der Waals surface area contributed by atoms with Gasteiger partial charge in [0, 0.05) is 13.0 Å². The summed E-state index contributed by atoms with van der Waals surface area (Å²) in [6.45, 7) is 5.30. The van der Waals surface area contributed by atoms with Gasteiger partial charge >= 0.3 is 5.97 Å². The molecule has 0 spiro atoms. The van der Waals surface area contributed by atoms with Gasteiger partial charge in [0.2, 0.25) is 0 Å². The molecule has 0 fully saturated rings. The maximum absolute atomic E-state index is 12.2. The van der Waals surface area contributed by atoms with E-state index in [1.807, 2.05) is 0 Å². The van der Waals surface area contributed by atoms with Gasteiger partial charge in [0.15, 0.2) is 0 Å². The van der Waals surface area contributed by atoms with Crippen molar-refractivity contribution in [3.63, 3.8) is 0 Å². The fraction of sp³-hybridized carbons (Fsp3) is 0.800. The molecule has 49 heavy (non-hydrogen) atoms. The average Bonchev–Trinajstić information content (AvgIpc) is 3.11. The lowest BCUT2D eigenvalue weighted by atomic mass is 10.1. The van der Waals surface area contributed by atoms with E-state index in [1.54, 1.807) is 0 Å². The Balaban J connectivity index is 3.47. The lowest BCUT2D eigenvalue weighted by Gasteiger charge is -2.15. The van der Waals surface area contributed by atoms with Crippen molar-refractivity contribution in [1.82, 2.24) is 0 Å². The molecular formula is C45H82O4. The minimum absolute atomic E-state index is 0.179. The van der Waals surface area contributed by atoms with Crippen LogP contribution in [-0.2, 0) is 14.3 Å². The van der Waals surface area contributed by atoms with Gasteiger partial charge < -0.3 is 14.6 Å². The quantitative estimate of drug-likeness (QED) is 0.0397. The van der Waals surface area contributed by atoms with Crippen molar-refractivity contribution < 1.29 is 19.4 Å². The highest BCUT2D eigenvalue weighted by Crippen LogP contribution is 2.13. The van der Waals surface area contributed by atoms with Gasteiger partial charge in [-0.2, -0.15) is 0 Å². The Morgan fingerprint density at radius 2 is 0.857 bits per heavy atom. The number of hydrogen-bond donors (Lipinski definition) is 1. The molecule has 286 valence electrons. The molecule has 0 saturated heterocycles.